The molecule has 3 rings (SSSR count). The van der Waals surface area contributed by atoms with Gasteiger partial charge < -0.3 is 5.32 Å². The molecule has 28 heavy (non-hydrogen) atoms. The Kier molecular flexibility index (Phi) is 5.81. The molecule has 7 nitrogen and oxygen atoms in total. The number of halogens is 2. The van der Waals surface area contributed by atoms with Crippen LogP contribution in [0.25, 0.3) is 6.08 Å². The van der Waals surface area contributed by atoms with Gasteiger partial charge in [0.2, 0.25) is 5.91 Å². The van der Waals surface area contributed by atoms with Crippen molar-refractivity contribution in [3.63, 3.8) is 0 Å². The number of rotatable bonds is 6. The lowest BCUT2D eigenvalue weighted by atomic mass is 10.2. The third-order valence-corrected chi connectivity index (χ3v) is 4.03. The van der Waals surface area contributed by atoms with E-state index in [4.69, 9.17) is 11.6 Å². The van der Waals surface area contributed by atoms with Gasteiger partial charge in [-0.2, -0.15) is 5.10 Å². The van der Waals surface area contributed by atoms with E-state index in [1.165, 1.54) is 47.3 Å². The number of benzene rings is 2. The van der Waals surface area contributed by atoms with E-state index < -0.39 is 10.8 Å². The highest BCUT2D eigenvalue weighted by atomic mass is 35.5. The molecule has 0 atom stereocenters. The van der Waals surface area contributed by atoms with Gasteiger partial charge in [0, 0.05) is 30.0 Å². The van der Waals surface area contributed by atoms with Gasteiger partial charge in [0.15, 0.2) is 5.82 Å². The minimum Gasteiger partial charge on any atom is -0.304 e. The Balaban J connectivity index is 1.67. The Morgan fingerprint density at radius 3 is 2.82 bits per heavy atom. The largest absolute Gasteiger partial charge is 0.304 e. The predicted molar refractivity (Wildman–Crippen MR) is 103 cm³/mol. The van der Waals surface area contributed by atoms with Crippen LogP contribution in [0.5, 0.6) is 0 Å². The highest BCUT2D eigenvalue weighted by Gasteiger charge is 2.11. The number of nitrogens with zero attached hydrogens (tertiary/aromatic N) is 3. The fourth-order valence-electron chi connectivity index (χ4n) is 2.44. The number of nitro groups is 1. The van der Waals surface area contributed by atoms with Gasteiger partial charge in [0.25, 0.3) is 5.69 Å². The third kappa shape index (κ3) is 4.80. The normalized spacial score (nSPS) is 10.9. The van der Waals surface area contributed by atoms with Crippen LogP contribution in [-0.4, -0.2) is 20.6 Å². The average molecular weight is 401 g/mol. The van der Waals surface area contributed by atoms with Crippen molar-refractivity contribution in [1.82, 2.24) is 9.78 Å². The van der Waals surface area contributed by atoms with Crippen molar-refractivity contribution in [3.05, 3.63) is 92.9 Å². The van der Waals surface area contributed by atoms with E-state index in [1.54, 1.807) is 24.3 Å². The summed E-state index contributed by atoms with van der Waals surface area (Å²) in [6, 6.07) is 12.1. The lowest BCUT2D eigenvalue weighted by Crippen LogP contribution is -2.10. The molecule has 1 N–H and O–H groups in total. The first-order chi connectivity index (χ1) is 13.4. The van der Waals surface area contributed by atoms with Gasteiger partial charge in [-0.1, -0.05) is 41.9 Å². The van der Waals surface area contributed by atoms with E-state index in [9.17, 15) is 19.3 Å². The molecular weight excluding hydrogens is 387 g/mol. The summed E-state index contributed by atoms with van der Waals surface area (Å²) in [7, 11) is 0. The van der Waals surface area contributed by atoms with E-state index in [0.717, 1.165) is 0 Å². The molecule has 1 aromatic heterocycles. The second kappa shape index (κ2) is 8.45. The van der Waals surface area contributed by atoms with Crippen LogP contribution in [0, 0.1) is 15.9 Å². The zero-order valence-electron chi connectivity index (χ0n) is 14.4. The minimum atomic E-state index is -0.514. The summed E-state index contributed by atoms with van der Waals surface area (Å²) in [5, 5.41) is 17.6. The lowest BCUT2D eigenvalue weighted by molar-refractivity contribution is -0.384. The molecule has 0 aliphatic rings. The lowest BCUT2D eigenvalue weighted by Gasteiger charge is -2.03. The van der Waals surface area contributed by atoms with Crippen LogP contribution in [0.4, 0.5) is 15.9 Å². The molecule has 0 saturated heterocycles. The molecule has 0 spiro atoms. The zero-order valence-corrected chi connectivity index (χ0v) is 15.1. The molecule has 0 radical (unpaired) electrons. The summed E-state index contributed by atoms with van der Waals surface area (Å²) in [4.78, 5) is 22.3. The van der Waals surface area contributed by atoms with Crippen molar-refractivity contribution in [1.29, 1.82) is 0 Å². The van der Waals surface area contributed by atoms with Crippen LogP contribution in [0.3, 0.4) is 0 Å². The average Bonchev–Trinajstić information content (AvgIpc) is 3.01. The Morgan fingerprint density at radius 2 is 2.07 bits per heavy atom. The van der Waals surface area contributed by atoms with Crippen molar-refractivity contribution in [2.45, 2.75) is 6.54 Å². The molecule has 1 amide bonds. The van der Waals surface area contributed by atoms with Gasteiger partial charge >= 0.3 is 0 Å². The van der Waals surface area contributed by atoms with Gasteiger partial charge in [-0.05, 0) is 17.7 Å². The van der Waals surface area contributed by atoms with Crippen LogP contribution < -0.4 is 5.32 Å². The van der Waals surface area contributed by atoms with Crippen LogP contribution in [0.15, 0.2) is 60.8 Å². The van der Waals surface area contributed by atoms with Crippen molar-refractivity contribution < 1.29 is 14.1 Å². The maximum Gasteiger partial charge on any atom is 0.270 e. The first-order valence-electron chi connectivity index (χ1n) is 8.12. The molecule has 0 saturated carbocycles. The molecule has 2 aromatic carbocycles. The summed E-state index contributed by atoms with van der Waals surface area (Å²) >= 11 is 6.08. The number of non-ortho nitro benzene ring substituents is 1. The number of nitrogens with one attached hydrogen (secondary N) is 1. The quantitative estimate of drug-likeness (QED) is 0.380. The number of hydrogen-bond donors (Lipinski definition) is 1. The molecule has 0 aliphatic carbocycles. The summed E-state index contributed by atoms with van der Waals surface area (Å²) in [6.45, 7) is 0.159. The van der Waals surface area contributed by atoms with Gasteiger partial charge in [-0.15, -0.1) is 0 Å². The van der Waals surface area contributed by atoms with E-state index in [1.807, 2.05) is 0 Å². The minimum absolute atomic E-state index is 0.0718. The molecule has 3 aromatic rings. The predicted octanol–water partition coefficient (Wildman–Crippen LogP) is 4.28. The first-order valence-corrected chi connectivity index (χ1v) is 8.50. The second-order valence-electron chi connectivity index (χ2n) is 5.79. The highest BCUT2D eigenvalue weighted by Crippen LogP contribution is 2.21. The summed E-state index contributed by atoms with van der Waals surface area (Å²) < 4.78 is 15.2. The number of carbonyl (C=O) groups is 1. The highest BCUT2D eigenvalue weighted by molar-refractivity contribution is 6.33. The summed E-state index contributed by atoms with van der Waals surface area (Å²) in [5.74, 6) is -0.740. The van der Waals surface area contributed by atoms with E-state index >= 15 is 0 Å². The Hall–Kier alpha value is -3.52. The van der Waals surface area contributed by atoms with E-state index in [-0.39, 0.29) is 28.9 Å². The summed E-state index contributed by atoms with van der Waals surface area (Å²) in [6.07, 6.45) is 4.13. The van der Waals surface area contributed by atoms with Gasteiger partial charge in [0.1, 0.15) is 10.8 Å². The molecule has 9 heteroatoms. The van der Waals surface area contributed by atoms with Gasteiger partial charge in [-0.3, -0.25) is 19.6 Å². The van der Waals surface area contributed by atoms with Crippen molar-refractivity contribution in [2.75, 3.05) is 5.32 Å². The van der Waals surface area contributed by atoms with Crippen molar-refractivity contribution in [3.8, 4) is 0 Å². The fraction of sp³-hybridized carbons (Fsp3) is 0.0526. The van der Waals surface area contributed by atoms with Crippen LogP contribution in [0.1, 0.15) is 11.1 Å². The Morgan fingerprint density at radius 1 is 1.29 bits per heavy atom. The number of nitro benzene ring substituents is 1. The smallest absolute Gasteiger partial charge is 0.270 e. The Bertz CT molecular complexity index is 1060. The summed E-state index contributed by atoms with van der Waals surface area (Å²) in [5.41, 5.74) is 0.864. The van der Waals surface area contributed by atoms with Crippen LogP contribution >= 0.6 is 11.6 Å². The van der Waals surface area contributed by atoms with Crippen LogP contribution in [0.2, 0.25) is 5.02 Å². The monoisotopic (exact) mass is 400 g/mol. The molecule has 1 heterocycles. The zero-order chi connectivity index (χ0) is 20.1. The van der Waals surface area contributed by atoms with Crippen molar-refractivity contribution in [2.24, 2.45) is 0 Å². The molecular formula is C19H14ClFN4O3. The van der Waals surface area contributed by atoms with Gasteiger partial charge in [-0.25, -0.2) is 4.39 Å². The fourth-order valence-corrected chi connectivity index (χ4v) is 2.63. The topological polar surface area (TPSA) is 90.1 Å². The third-order valence-electron chi connectivity index (χ3n) is 3.76. The van der Waals surface area contributed by atoms with E-state index in [2.05, 4.69) is 10.4 Å². The Labute approximate surface area is 164 Å². The standard InChI is InChI=1S/C19H14ClFN4O3/c20-16-12-24(11-14-5-1-2-7-17(14)21)23-19(16)22-18(26)9-8-13-4-3-6-15(10-13)25(27)28/h1-10,12H,11H2,(H,22,23,26)/b9-8+. The molecule has 142 valence electrons. The van der Waals surface area contributed by atoms with E-state index in [0.29, 0.717) is 11.1 Å². The molecule has 0 bridgehead atoms. The van der Waals surface area contributed by atoms with Crippen LogP contribution in [-0.2, 0) is 11.3 Å². The molecule has 0 fully saturated rings. The number of hydrogen-bond acceptors (Lipinski definition) is 4. The number of amides is 1. The van der Waals surface area contributed by atoms with Gasteiger partial charge in [0.05, 0.1) is 11.5 Å². The first kappa shape index (κ1) is 19.2. The maximum absolute atomic E-state index is 13.7. The molecule has 0 aliphatic heterocycles. The number of aromatic nitrogens is 2. The molecule has 0 unspecified atom stereocenters. The SMILES string of the molecule is O=C(/C=C/c1cccc([N+](=O)[O-])c1)Nc1nn(Cc2ccccc2F)cc1Cl. The maximum atomic E-state index is 13.7. The second-order valence-corrected chi connectivity index (χ2v) is 6.20. The number of anilines is 1. The number of carbonyl (C=O) groups excluding carboxylic acids is 1. The van der Waals surface area contributed by atoms with Crippen molar-refractivity contribution >= 4 is 35.1 Å².